The van der Waals surface area contributed by atoms with Gasteiger partial charge in [0, 0.05) is 18.7 Å². The first-order valence-electron chi connectivity index (χ1n) is 4.38. The smallest absolute Gasteiger partial charge is 0.303 e. The van der Waals surface area contributed by atoms with E-state index in [0.717, 1.165) is 17.9 Å². The van der Waals surface area contributed by atoms with E-state index in [2.05, 4.69) is 5.10 Å². The van der Waals surface area contributed by atoms with Crippen molar-refractivity contribution in [2.24, 2.45) is 0 Å². The van der Waals surface area contributed by atoms with E-state index in [1.165, 1.54) is 0 Å². The minimum Gasteiger partial charge on any atom is -0.481 e. The summed E-state index contributed by atoms with van der Waals surface area (Å²) in [6.45, 7) is 4.82. The summed E-state index contributed by atoms with van der Waals surface area (Å²) in [6.07, 6.45) is 0.670. The van der Waals surface area contributed by atoms with Crippen molar-refractivity contribution in [3.05, 3.63) is 17.5 Å². The lowest BCUT2D eigenvalue weighted by Gasteiger charge is -1.96. The molecular formula is C9H14N2O2. The Kier molecular flexibility index (Phi) is 3.06. The third kappa shape index (κ3) is 2.57. The second-order valence-corrected chi connectivity index (χ2v) is 2.99. The highest BCUT2D eigenvalue weighted by Crippen LogP contribution is 2.05. The molecule has 0 fully saturated rings. The van der Waals surface area contributed by atoms with Crippen LogP contribution in [0.15, 0.2) is 6.07 Å². The van der Waals surface area contributed by atoms with Crippen LogP contribution in [0.2, 0.25) is 0 Å². The normalized spacial score (nSPS) is 10.3. The molecule has 1 aromatic heterocycles. The third-order valence-corrected chi connectivity index (χ3v) is 1.93. The first-order valence-corrected chi connectivity index (χ1v) is 4.38. The largest absolute Gasteiger partial charge is 0.481 e. The molecule has 1 heterocycles. The van der Waals surface area contributed by atoms with Crippen LogP contribution in [0.1, 0.15) is 24.7 Å². The molecule has 0 aliphatic rings. The van der Waals surface area contributed by atoms with Crippen molar-refractivity contribution in [2.75, 3.05) is 0 Å². The zero-order valence-corrected chi connectivity index (χ0v) is 7.95. The number of hydrogen-bond acceptors (Lipinski definition) is 2. The standard InChI is InChI=1S/C9H14N2O2/c1-3-11-7(2)6-8(10-11)4-5-9(12)13/h6H,3-5H2,1-2H3,(H,12,13). The van der Waals surface area contributed by atoms with Gasteiger partial charge in [-0.25, -0.2) is 0 Å². The maximum absolute atomic E-state index is 10.3. The maximum atomic E-state index is 10.3. The Morgan fingerprint density at radius 1 is 1.69 bits per heavy atom. The SMILES string of the molecule is CCn1nc(CCC(=O)O)cc1C. The van der Waals surface area contributed by atoms with Crippen LogP contribution in [0.25, 0.3) is 0 Å². The lowest BCUT2D eigenvalue weighted by molar-refractivity contribution is -0.136. The summed E-state index contributed by atoms with van der Waals surface area (Å²) in [6, 6.07) is 1.94. The first kappa shape index (κ1) is 9.77. The van der Waals surface area contributed by atoms with Gasteiger partial charge < -0.3 is 5.11 Å². The van der Waals surface area contributed by atoms with E-state index in [9.17, 15) is 4.79 Å². The van der Waals surface area contributed by atoms with Crippen LogP contribution in [0.5, 0.6) is 0 Å². The molecule has 0 saturated heterocycles. The first-order chi connectivity index (χ1) is 6.13. The number of aromatic nitrogens is 2. The summed E-state index contributed by atoms with van der Waals surface area (Å²) in [5.41, 5.74) is 1.95. The molecule has 0 bridgehead atoms. The molecule has 4 nitrogen and oxygen atoms in total. The van der Waals surface area contributed by atoms with E-state index in [4.69, 9.17) is 5.11 Å². The Labute approximate surface area is 77.2 Å². The molecule has 0 atom stereocenters. The van der Waals surface area contributed by atoms with Crippen molar-refractivity contribution in [1.29, 1.82) is 0 Å². The molecule has 0 aliphatic carbocycles. The fourth-order valence-electron chi connectivity index (χ4n) is 1.26. The second-order valence-electron chi connectivity index (χ2n) is 2.99. The highest BCUT2D eigenvalue weighted by molar-refractivity contribution is 5.66. The van der Waals surface area contributed by atoms with Gasteiger partial charge >= 0.3 is 5.97 Å². The summed E-state index contributed by atoms with van der Waals surface area (Å²) in [7, 11) is 0. The summed E-state index contributed by atoms with van der Waals surface area (Å²) >= 11 is 0. The summed E-state index contributed by atoms with van der Waals surface area (Å²) in [5.74, 6) is -0.774. The van der Waals surface area contributed by atoms with Crippen LogP contribution in [0, 0.1) is 6.92 Å². The number of carboxylic acid groups (broad SMARTS) is 1. The molecule has 72 valence electrons. The van der Waals surface area contributed by atoms with Gasteiger partial charge in [-0.05, 0) is 19.9 Å². The number of carbonyl (C=O) groups is 1. The highest BCUT2D eigenvalue weighted by Gasteiger charge is 2.04. The molecular weight excluding hydrogens is 168 g/mol. The van der Waals surface area contributed by atoms with E-state index in [-0.39, 0.29) is 6.42 Å². The molecule has 0 spiro atoms. The van der Waals surface area contributed by atoms with Crippen molar-refractivity contribution in [3.8, 4) is 0 Å². The predicted octanol–water partition coefficient (Wildman–Crippen LogP) is 1.23. The maximum Gasteiger partial charge on any atom is 0.303 e. The average molecular weight is 182 g/mol. The summed E-state index contributed by atoms with van der Waals surface area (Å²) < 4.78 is 1.87. The monoisotopic (exact) mass is 182 g/mol. The third-order valence-electron chi connectivity index (χ3n) is 1.93. The molecule has 0 unspecified atom stereocenters. The van der Waals surface area contributed by atoms with Gasteiger partial charge in [0.25, 0.3) is 0 Å². The van der Waals surface area contributed by atoms with Crippen LogP contribution in [-0.2, 0) is 17.8 Å². The zero-order chi connectivity index (χ0) is 9.84. The number of aliphatic carboxylic acids is 1. The quantitative estimate of drug-likeness (QED) is 0.761. The summed E-state index contributed by atoms with van der Waals surface area (Å²) in [4.78, 5) is 10.3. The van der Waals surface area contributed by atoms with Crippen molar-refractivity contribution in [1.82, 2.24) is 9.78 Å². The van der Waals surface area contributed by atoms with Gasteiger partial charge in [0.15, 0.2) is 0 Å². The van der Waals surface area contributed by atoms with Crippen LogP contribution in [-0.4, -0.2) is 20.9 Å². The number of nitrogens with zero attached hydrogens (tertiary/aromatic N) is 2. The van der Waals surface area contributed by atoms with Crippen LogP contribution in [0.3, 0.4) is 0 Å². The average Bonchev–Trinajstić information content (AvgIpc) is 2.43. The molecule has 0 saturated carbocycles. The van der Waals surface area contributed by atoms with Crippen molar-refractivity contribution in [2.45, 2.75) is 33.2 Å². The van der Waals surface area contributed by atoms with Crippen molar-refractivity contribution >= 4 is 5.97 Å². The minimum atomic E-state index is -0.774. The van der Waals surface area contributed by atoms with E-state index in [1.807, 2.05) is 24.6 Å². The Hall–Kier alpha value is -1.32. The lowest BCUT2D eigenvalue weighted by Crippen LogP contribution is -2.01. The molecule has 0 aromatic carbocycles. The Balaban J connectivity index is 2.62. The topological polar surface area (TPSA) is 55.1 Å². The lowest BCUT2D eigenvalue weighted by atomic mass is 10.2. The summed E-state index contributed by atoms with van der Waals surface area (Å²) in [5, 5.41) is 12.7. The van der Waals surface area contributed by atoms with Gasteiger partial charge in [0.2, 0.25) is 0 Å². The predicted molar refractivity (Wildman–Crippen MR) is 48.6 cm³/mol. The fraction of sp³-hybridized carbons (Fsp3) is 0.556. The number of aryl methyl sites for hydroxylation is 3. The number of rotatable bonds is 4. The molecule has 13 heavy (non-hydrogen) atoms. The number of carboxylic acids is 1. The van der Waals surface area contributed by atoms with Crippen LogP contribution >= 0.6 is 0 Å². The van der Waals surface area contributed by atoms with Gasteiger partial charge in [-0.15, -0.1) is 0 Å². The van der Waals surface area contributed by atoms with E-state index in [1.54, 1.807) is 0 Å². The molecule has 0 amide bonds. The number of hydrogen-bond donors (Lipinski definition) is 1. The van der Waals surface area contributed by atoms with E-state index in [0.29, 0.717) is 6.42 Å². The Bertz CT molecular complexity index is 305. The molecule has 1 N–H and O–H groups in total. The van der Waals surface area contributed by atoms with Gasteiger partial charge in [0.05, 0.1) is 12.1 Å². The van der Waals surface area contributed by atoms with E-state index >= 15 is 0 Å². The Morgan fingerprint density at radius 2 is 2.38 bits per heavy atom. The molecule has 0 aliphatic heterocycles. The van der Waals surface area contributed by atoms with Gasteiger partial charge in [-0.3, -0.25) is 9.48 Å². The molecule has 0 radical (unpaired) electrons. The van der Waals surface area contributed by atoms with Gasteiger partial charge in [0.1, 0.15) is 0 Å². The minimum absolute atomic E-state index is 0.153. The van der Waals surface area contributed by atoms with Crippen LogP contribution < -0.4 is 0 Å². The van der Waals surface area contributed by atoms with Gasteiger partial charge in [-0.1, -0.05) is 0 Å². The van der Waals surface area contributed by atoms with Gasteiger partial charge in [-0.2, -0.15) is 5.10 Å². The Morgan fingerprint density at radius 3 is 2.85 bits per heavy atom. The fourth-order valence-corrected chi connectivity index (χ4v) is 1.26. The molecule has 4 heteroatoms. The highest BCUT2D eigenvalue weighted by atomic mass is 16.4. The molecule has 1 aromatic rings. The van der Waals surface area contributed by atoms with Crippen molar-refractivity contribution in [3.63, 3.8) is 0 Å². The second kappa shape index (κ2) is 4.07. The van der Waals surface area contributed by atoms with Crippen molar-refractivity contribution < 1.29 is 9.90 Å². The van der Waals surface area contributed by atoms with E-state index < -0.39 is 5.97 Å². The molecule has 1 rings (SSSR count). The zero-order valence-electron chi connectivity index (χ0n) is 7.95. The van der Waals surface area contributed by atoms with Crippen LogP contribution in [0.4, 0.5) is 0 Å².